The molecule has 3 rings (SSSR count). The van der Waals surface area contributed by atoms with E-state index in [2.05, 4.69) is 14.9 Å². The molecule has 20 heavy (non-hydrogen) atoms. The van der Waals surface area contributed by atoms with Crippen LogP contribution in [0.15, 0.2) is 29.2 Å². The standard InChI is InChI=1S/C13H15N3O3S/c1-8-13(9(2)15-14-8)20(17,18)16-11-7-19-12-6-4-3-5-10(11)12/h3-6,11,16H,7H2,1-2H3,(H,14,15). The number of rotatable bonds is 3. The van der Waals surface area contributed by atoms with Crippen LogP contribution in [0.1, 0.15) is 23.0 Å². The van der Waals surface area contributed by atoms with Gasteiger partial charge in [0.25, 0.3) is 0 Å². The number of aromatic amines is 1. The number of benzene rings is 1. The van der Waals surface area contributed by atoms with Gasteiger partial charge >= 0.3 is 0 Å². The molecule has 0 saturated heterocycles. The van der Waals surface area contributed by atoms with Crippen molar-refractivity contribution >= 4 is 10.0 Å². The number of nitrogens with zero attached hydrogens (tertiary/aromatic N) is 1. The van der Waals surface area contributed by atoms with E-state index in [1.807, 2.05) is 24.3 Å². The van der Waals surface area contributed by atoms with Gasteiger partial charge in [-0.3, -0.25) is 5.10 Å². The normalized spacial score (nSPS) is 17.8. The van der Waals surface area contributed by atoms with E-state index in [0.717, 1.165) is 11.3 Å². The lowest BCUT2D eigenvalue weighted by Crippen LogP contribution is -2.30. The van der Waals surface area contributed by atoms with Gasteiger partial charge in [-0.2, -0.15) is 9.82 Å². The van der Waals surface area contributed by atoms with Crippen LogP contribution in [0, 0.1) is 13.8 Å². The first-order valence-corrected chi connectivity index (χ1v) is 7.73. The summed E-state index contributed by atoms with van der Waals surface area (Å²) in [4.78, 5) is 0.210. The van der Waals surface area contributed by atoms with Crippen LogP contribution < -0.4 is 9.46 Å². The molecule has 0 spiro atoms. The van der Waals surface area contributed by atoms with Crippen molar-refractivity contribution in [2.24, 2.45) is 0 Å². The summed E-state index contributed by atoms with van der Waals surface area (Å²) in [6, 6.07) is 7.05. The van der Waals surface area contributed by atoms with E-state index >= 15 is 0 Å². The molecule has 1 aliphatic heterocycles. The number of fused-ring (bicyclic) bond motifs is 1. The molecule has 7 heteroatoms. The van der Waals surface area contributed by atoms with E-state index in [1.54, 1.807) is 13.8 Å². The third-order valence-corrected chi connectivity index (χ3v) is 5.06. The highest BCUT2D eigenvalue weighted by Crippen LogP contribution is 2.33. The largest absolute Gasteiger partial charge is 0.491 e. The number of aryl methyl sites for hydroxylation is 2. The topological polar surface area (TPSA) is 84.1 Å². The van der Waals surface area contributed by atoms with Crippen molar-refractivity contribution in [3.05, 3.63) is 41.2 Å². The highest BCUT2D eigenvalue weighted by Gasteiger charge is 2.31. The average Bonchev–Trinajstić information content (AvgIpc) is 2.94. The molecule has 1 aliphatic rings. The fourth-order valence-electron chi connectivity index (χ4n) is 2.44. The van der Waals surface area contributed by atoms with Gasteiger partial charge < -0.3 is 4.74 Å². The lowest BCUT2D eigenvalue weighted by atomic mass is 10.1. The predicted molar refractivity (Wildman–Crippen MR) is 73.1 cm³/mol. The zero-order valence-electron chi connectivity index (χ0n) is 11.2. The van der Waals surface area contributed by atoms with Gasteiger partial charge in [-0.1, -0.05) is 18.2 Å². The number of hydrogen-bond donors (Lipinski definition) is 2. The van der Waals surface area contributed by atoms with Crippen molar-refractivity contribution in [2.75, 3.05) is 6.61 Å². The van der Waals surface area contributed by atoms with Crippen molar-refractivity contribution < 1.29 is 13.2 Å². The van der Waals surface area contributed by atoms with Gasteiger partial charge in [0.2, 0.25) is 10.0 Å². The zero-order chi connectivity index (χ0) is 14.3. The fraction of sp³-hybridized carbons (Fsp3) is 0.308. The summed E-state index contributed by atoms with van der Waals surface area (Å²) in [6.45, 7) is 3.65. The van der Waals surface area contributed by atoms with E-state index in [1.165, 1.54) is 0 Å². The Bertz CT molecular complexity index is 732. The van der Waals surface area contributed by atoms with E-state index in [9.17, 15) is 8.42 Å². The minimum absolute atomic E-state index is 0.210. The van der Waals surface area contributed by atoms with Crippen molar-refractivity contribution in [3.8, 4) is 5.75 Å². The smallest absolute Gasteiger partial charge is 0.244 e. The van der Waals surface area contributed by atoms with E-state index in [4.69, 9.17) is 4.74 Å². The molecule has 1 atom stereocenters. The van der Waals surface area contributed by atoms with Crippen LogP contribution in [0.25, 0.3) is 0 Å². The molecule has 1 aromatic heterocycles. The van der Waals surface area contributed by atoms with Crippen molar-refractivity contribution in [3.63, 3.8) is 0 Å². The molecular weight excluding hydrogens is 278 g/mol. The van der Waals surface area contributed by atoms with Crippen LogP contribution >= 0.6 is 0 Å². The second-order valence-electron chi connectivity index (χ2n) is 4.79. The Balaban J connectivity index is 1.93. The molecule has 2 aromatic rings. The Kier molecular flexibility index (Phi) is 3.02. The second kappa shape index (κ2) is 4.60. The maximum atomic E-state index is 12.5. The second-order valence-corrected chi connectivity index (χ2v) is 6.44. The molecule has 0 radical (unpaired) electrons. The number of aromatic nitrogens is 2. The number of hydrogen-bond acceptors (Lipinski definition) is 4. The Labute approximate surface area is 117 Å². The number of H-pyrrole nitrogens is 1. The maximum Gasteiger partial charge on any atom is 0.244 e. The molecule has 0 fully saturated rings. The first kappa shape index (κ1) is 13.1. The Morgan fingerprint density at radius 3 is 2.80 bits per heavy atom. The SMILES string of the molecule is Cc1n[nH]c(C)c1S(=O)(=O)NC1COc2ccccc21. The molecule has 6 nitrogen and oxygen atoms in total. The van der Waals surface area contributed by atoms with Crippen LogP contribution in [0.4, 0.5) is 0 Å². The first-order valence-electron chi connectivity index (χ1n) is 6.24. The summed E-state index contributed by atoms with van der Waals surface area (Å²) in [5.74, 6) is 0.723. The van der Waals surface area contributed by atoms with Gasteiger partial charge in [-0.05, 0) is 19.9 Å². The monoisotopic (exact) mass is 293 g/mol. The molecule has 2 heterocycles. The summed E-state index contributed by atoms with van der Waals surface area (Å²) in [5.41, 5.74) is 1.85. The van der Waals surface area contributed by atoms with Gasteiger partial charge in [0.1, 0.15) is 17.3 Å². The van der Waals surface area contributed by atoms with Gasteiger partial charge in [-0.25, -0.2) is 8.42 Å². The summed E-state index contributed by atoms with van der Waals surface area (Å²) in [6.07, 6.45) is 0. The maximum absolute atomic E-state index is 12.5. The Morgan fingerprint density at radius 2 is 2.10 bits per heavy atom. The molecule has 106 valence electrons. The fourth-order valence-corrected chi connectivity index (χ4v) is 4.01. The summed E-state index contributed by atoms with van der Waals surface area (Å²) in [7, 11) is -3.63. The molecule has 2 N–H and O–H groups in total. The third kappa shape index (κ3) is 2.08. The van der Waals surface area contributed by atoms with E-state index in [-0.39, 0.29) is 10.9 Å². The number of para-hydroxylation sites is 1. The van der Waals surface area contributed by atoms with Gasteiger partial charge in [0, 0.05) is 5.56 Å². The van der Waals surface area contributed by atoms with Crippen LogP contribution in [-0.4, -0.2) is 25.2 Å². The van der Waals surface area contributed by atoms with E-state index in [0.29, 0.717) is 18.0 Å². The molecule has 0 bridgehead atoms. The summed E-state index contributed by atoms with van der Waals surface area (Å²) < 4.78 is 33.1. The zero-order valence-corrected chi connectivity index (χ0v) is 12.0. The summed E-state index contributed by atoms with van der Waals surface area (Å²) >= 11 is 0. The molecule has 1 unspecified atom stereocenters. The number of ether oxygens (including phenoxy) is 1. The average molecular weight is 293 g/mol. The first-order chi connectivity index (χ1) is 9.49. The number of nitrogens with one attached hydrogen (secondary N) is 2. The molecule has 0 aliphatic carbocycles. The molecular formula is C13H15N3O3S. The predicted octanol–water partition coefficient (Wildman–Crippen LogP) is 1.44. The van der Waals surface area contributed by atoms with Crippen LogP contribution in [0.2, 0.25) is 0 Å². The quantitative estimate of drug-likeness (QED) is 0.897. The van der Waals surface area contributed by atoms with Gasteiger partial charge in [-0.15, -0.1) is 0 Å². The molecule has 1 aromatic carbocycles. The van der Waals surface area contributed by atoms with Crippen LogP contribution in [0.5, 0.6) is 5.75 Å². The highest BCUT2D eigenvalue weighted by atomic mass is 32.2. The van der Waals surface area contributed by atoms with Crippen molar-refractivity contribution in [1.82, 2.24) is 14.9 Å². The minimum Gasteiger partial charge on any atom is -0.491 e. The summed E-state index contributed by atoms with van der Waals surface area (Å²) in [5, 5.41) is 6.61. The van der Waals surface area contributed by atoms with Crippen molar-refractivity contribution in [2.45, 2.75) is 24.8 Å². The lowest BCUT2D eigenvalue weighted by molar-refractivity contribution is 0.325. The lowest BCUT2D eigenvalue weighted by Gasteiger charge is -2.12. The van der Waals surface area contributed by atoms with Crippen LogP contribution in [0.3, 0.4) is 0 Å². The number of sulfonamides is 1. The highest BCUT2D eigenvalue weighted by molar-refractivity contribution is 7.89. The third-order valence-electron chi connectivity index (χ3n) is 3.33. The Hall–Kier alpha value is -1.86. The van der Waals surface area contributed by atoms with Gasteiger partial charge in [0.15, 0.2) is 0 Å². The molecule has 0 amide bonds. The van der Waals surface area contributed by atoms with Crippen LogP contribution in [-0.2, 0) is 10.0 Å². The molecule has 0 saturated carbocycles. The van der Waals surface area contributed by atoms with E-state index < -0.39 is 10.0 Å². The van der Waals surface area contributed by atoms with Gasteiger partial charge in [0.05, 0.1) is 17.4 Å². The Morgan fingerprint density at radius 1 is 1.35 bits per heavy atom. The minimum atomic E-state index is -3.63. The van der Waals surface area contributed by atoms with Crippen molar-refractivity contribution in [1.29, 1.82) is 0 Å².